The Hall–Kier alpha value is -1.81. The molecule has 0 unspecified atom stereocenters. The van der Waals surface area contributed by atoms with Crippen molar-refractivity contribution < 1.29 is 4.74 Å². The van der Waals surface area contributed by atoms with Crippen molar-refractivity contribution in [2.45, 2.75) is 20.5 Å². The van der Waals surface area contributed by atoms with Crippen LogP contribution in [0.5, 0.6) is 5.75 Å². The summed E-state index contributed by atoms with van der Waals surface area (Å²) < 4.78 is 6.95. The zero-order valence-corrected chi connectivity index (χ0v) is 18.1. The van der Waals surface area contributed by atoms with Gasteiger partial charge in [-0.1, -0.05) is 51.3 Å². The standard InChI is InChI=1S/C22H18BrCl2NO/c1-14-3-7-20(9-15(14)2)26-12-17-10-18(23)5-8-22(17)27-13-16-4-6-19(24)11-21(16)25/h3-12H,13H2,1-2H3. The molecule has 0 N–H and O–H groups in total. The molecule has 0 heterocycles. The van der Waals surface area contributed by atoms with E-state index in [1.807, 2.05) is 36.5 Å². The fraction of sp³-hybridized carbons (Fsp3) is 0.136. The Bertz CT molecular complexity index is 1000. The van der Waals surface area contributed by atoms with Gasteiger partial charge in [0.15, 0.2) is 0 Å². The molecule has 0 aliphatic heterocycles. The van der Waals surface area contributed by atoms with Crippen LogP contribution < -0.4 is 4.74 Å². The Labute approximate surface area is 177 Å². The highest BCUT2D eigenvalue weighted by Crippen LogP contribution is 2.26. The van der Waals surface area contributed by atoms with Crippen LogP contribution in [0.25, 0.3) is 0 Å². The number of aliphatic imine (C=N–C) groups is 1. The third-order valence-corrected chi connectivity index (χ3v) is 5.29. The molecule has 0 amide bonds. The molecule has 0 aliphatic carbocycles. The molecule has 0 atom stereocenters. The van der Waals surface area contributed by atoms with Gasteiger partial charge in [0.25, 0.3) is 0 Å². The fourth-order valence-electron chi connectivity index (χ4n) is 2.50. The summed E-state index contributed by atoms with van der Waals surface area (Å²) >= 11 is 15.7. The molecule has 0 aliphatic rings. The Morgan fingerprint density at radius 1 is 0.963 bits per heavy atom. The van der Waals surface area contributed by atoms with E-state index >= 15 is 0 Å². The van der Waals surface area contributed by atoms with Crippen LogP contribution in [0, 0.1) is 13.8 Å². The lowest BCUT2D eigenvalue weighted by molar-refractivity contribution is 0.306. The van der Waals surface area contributed by atoms with Gasteiger partial charge in [-0.15, -0.1) is 0 Å². The van der Waals surface area contributed by atoms with Crippen LogP contribution in [0.4, 0.5) is 5.69 Å². The summed E-state index contributed by atoms with van der Waals surface area (Å²) in [5.41, 5.74) is 5.13. The first kappa shape index (κ1) is 19.9. The number of nitrogens with zero attached hydrogens (tertiary/aromatic N) is 1. The third-order valence-electron chi connectivity index (χ3n) is 4.21. The number of hydrogen-bond acceptors (Lipinski definition) is 2. The van der Waals surface area contributed by atoms with Gasteiger partial charge in [-0.05, 0) is 67.4 Å². The predicted octanol–water partition coefficient (Wildman–Crippen LogP) is 7.70. The van der Waals surface area contributed by atoms with Gasteiger partial charge in [-0.25, -0.2) is 0 Å². The van der Waals surface area contributed by atoms with Gasteiger partial charge in [0.1, 0.15) is 12.4 Å². The summed E-state index contributed by atoms with van der Waals surface area (Å²) in [4.78, 5) is 4.59. The fourth-order valence-corrected chi connectivity index (χ4v) is 3.34. The summed E-state index contributed by atoms with van der Waals surface area (Å²) in [6, 6.07) is 17.4. The van der Waals surface area contributed by atoms with Crippen LogP contribution in [-0.4, -0.2) is 6.21 Å². The maximum atomic E-state index is 6.23. The average Bonchev–Trinajstić information content (AvgIpc) is 2.63. The lowest BCUT2D eigenvalue weighted by atomic mass is 10.1. The molecule has 2 nitrogen and oxygen atoms in total. The average molecular weight is 463 g/mol. The second kappa shape index (κ2) is 8.92. The minimum Gasteiger partial charge on any atom is -0.488 e. The zero-order valence-electron chi connectivity index (χ0n) is 15.0. The number of rotatable bonds is 5. The van der Waals surface area contributed by atoms with Crippen molar-refractivity contribution in [2.75, 3.05) is 0 Å². The van der Waals surface area contributed by atoms with Gasteiger partial charge in [0.05, 0.1) is 5.69 Å². The highest BCUT2D eigenvalue weighted by Gasteiger charge is 2.06. The van der Waals surface area contributed by atoms with Crippen LogP contribution in [-0.2, 0) is 6.61 Å². The molecule has 0 saturated heterocycles. The van der Waals surface area contributed by atoms with Gasteiger partial charge in [-0.3, -0.25) is 4.99 Å². The molecule has 3 rings (SSSR count). The topological polar surface area (TPSA) is 21.6 Å². The lowest BCUT2D eigenvalue weighted by Gasteiger charge is -2.11. The quantitative estimate of drug-likeness (QED) is 0.356. The van der Waals surface area contributed by atoms with E-state index < -0.39 is 0 Å². The van der Waals surface area contributed by atoms with E-state index in [0.717, 1.165) is 27.0 Å². The molecule has 3 aromatic rings. The summed E-state index contributed by atoms with van der Waals surface area (Å²) in [5.74, 6) is 0.733. The third kappa shape index (κ3) is 5.35. The maximum Gasteiger partial charge on any atom is 0.128 e. The Morgan fingerprint density at radius 2 is 1.78 bits per heavy atom. The van der Waals surface area contributed by atoms with E-state index in [2.05, 4.69) is 46.9 Å². The minimum absolute atomic E-state index is 0.349. The summed E-state index contributed by atoms with van der Waals surface area (Å²) in [7, 11) is 0. The Morgan fingerprint density at radius 3 is 2.52 bits per heavy atom. The zero-order chi connectivity index (χ0) is 19.4. The summed E-state index contributed by atoms with van der Waals surface area (Å²) in [5, 5.41) is 1.19. The lowest BCUT2D eigenvalue weighted by Crippen LogP contribution is -1.99. The molecule has 138 valence electrons. The largest absolute Gasteiger partial charge is 0.488 e. The van der Waals surface area contributed by atoms with Gasteiger partial charge >= 0.3 is 0 Å². The first-order valence-corrected chi connectivity index (χ1v) is 9.95. The van der Waals surface area contributed by atoms with E-state index in [4.69, 9.17) is 27.9 Å². The first-order chi connectivity index (χ1) is 12.9. The number of halogens is 3. The number of hydrogen-bond donors (Lipinski definition) is 0. The molecular weight excluding hydrogens is 445 g/mol. The molecule has 0 saturated carbocycles. The minimum atomic E-state index is 0.349. The Kier molecular flexibility index (Phi) is 6.59. The SMILES string of the molecule is Cc1ccc(N=Cc2cc(Br)ccc2OCc2ccc(Cl)cc2Cl)cc1C. The van der Waals surface area contributed by atoms with E-state index in [9.17, 15) is 0 Å². The van der Waals surface area contributed by atoms with Crippen molar-refractivity contribution in [3.8, 4) is 5.75 Å². The second-order valence-corrected chi connectivity index (χ2v) is 7.99. The highest BCUT2D eigenvalue weighted by atomic mass is 79.9. The predicted molar refractivity (Wildman–Crippen MR) is 118 cm³/mol. The number of benzene rings is 3. The molecule has 3 aromatic carbocycles. The van der Waals surface area contributed by atoms with E-state index in [0.29, 0.717) is 16.7 Å². The maximum absolute atomic E-state index is 6.23. The van der Waals surface area contributed by atoms with E-state index in [1.54, 1.807) is 12.1 Å². The van der Waals surface area contributed by atoms with Crippen molar-refractivity contribution in [1.29, 1.82) is 0 Å². The highest BCUT2D eigenvalue weighted by molar-refractivity contribution is 9.10. The number of aryl methyl sites for hydroxylation is 2. The molecule has 5 heteroatoms. The Balaban J connectivity index is 1.82. The van der Waals surface area contributed by atoms with Crippen molar-refractivity contribution >= 4 is 51.0 Å². The van der Waals surface area contributed by atoms with Crippen molar-refractivity contribution in [3.63, 3.8) is 0 Å². The second-order valence-electron chi connectivity index (χ2n) is 6.23. The normalized spacial score (nSPS) is 11.1. The van der Waals surface area contributed by atoms with Crippen LogP contribution in [0.1, 0.15) is 22.3 Å². The molecule has 0 aromatic heterocycles. The van der Waals surface area contributed by atoms with E-state index in [1.165, 1.54) is 11.1 Å². The summed E-state index contributed by atoms with van der Waals surface area (Å²) in [6.07, 6.45) is 1.81. The van der Waals surface area contributed by atoms with Crippen molar-refractivity contribution in [3.05, 3.63) is 91.4 Å². The summed E-state index contributed by atoms with van der Waals surface area (Å²) in [6.45, 7) is 4.52. The van der Waals surface area contributed by atoms with Gasteiger partial charge in [0, 0.05) is 31.9 Å². The van der Waals surface area contributed by atoms with Gasteiger partial charge in [-0.2, -0.15) is 0 Å². The molecular formula is C22H18BrCl2NO. The molecule has 0 radical (unpaired) electrons. The van der Waals surface area contributed by atoms with Crippen LogP contribution in [0.2, 0.25) is 10.0 Å². The van der Waals surface area contributed by atoms with Crippen LogP contribution >= 0.6 is 39.1 Å². The van der Waals surface area contributed by atoms with Crippen molar-refractivity contribution in [2.24, 2.45) is 4.99 Å². The van der Waals surface area contributed by atoms with Crippen LogP contribution in [0.3, 0.4) is 0 Å². The smallest absolute Gasteiger partial charge is 0.128 e. The van der Waals surface area contributed by atoms with Gasteiger partial charge in [0.2, 0.25) is 0 Å². The monoisotopic (exact) mass is 461 g/mol. The molecule has 0 spiro atoms. The molecule has 27 heavy (non-hydrogen) atoms. The molecule has 0 bridgehead atoms. The molecule has 0 fully saturated rings. The van der Waals surface area contributed by atoms with Crippen molar-refractivity contribution in [1.82, 2.24) is 0 Å². The van der Waals surface area contributed by atoms with E-state index in [-0.39, 0.29) is 0 Å². The number of ether oxygens (including phenoxy) is 1. The van der Waals surface area contributed by atoms with Crippen LogP contribution in [0.15, 0.2) is 64.1 Å². The first-order valence-electron chi connectivity index (χ1n) is 8.40. The van der Waals surface area contributed by atoms with Gasteiger partial charge < -0.3 is 4.74 Å².